The van der Waals surface area contributed by atoms with Gasteiger partial charge in [0.1, 0.15) is 0 Å². The Labute approximate surface area is 132 Å². The lowest BCUT2D eigenvalue weighted by atomic mass is 10.2. The molecule has 0 unspecified atom stereocenters. The zero-order valence-electron chi connectivity index (χ0n) is 10.9. The lowest BCUT2D eigenvalue weighted by molar-refractivity contribution is 0.0955. The van der Waals surface area contributed by atoms with Crippen LogP contribution in [0.2, 0.25) is 0 Å². The Morgan fingerprint density at radius 1 is 1.37 bits per heavy atom. The number of aliphatic imine (C=N–C) groups is 1. The summed E-state index contributed by atoms with van der Waals surface area (Å²) >= 11 is 3.32. The van der Waals surface area contributed by atoms with Gasteiger partial charge >= 0.3 is 0 Å². The molecule has 1 rings (SSSR count). The Bertz CT molecular complexity index is 432. The summed E-state index contributed by atoms with van der Waals surface area (Å²) in [6.45, 7) is 0.926. The monoisotopic (exact) mass is 392 g/mol. The van der Waals surface area contributed by atoms with Crippen molar-refractivity contribution < 1.29 is 4.79 Å². The molecule has 0 aliphatic carbocycles. The number of hydrogen-bond donors (Lipinski definition) is 2. The summed E-state index contributed by atoms with van der Waals surface area (Å²) in [5, 5.41) is 2.78. The number of nitrogens with zero attached hydrogens (tertiary/aromatic N) is 2. The molecule has 0 bridgehead atoms. The van der Waals surface area contributed by atoms with Crippen LogP contribution < -0.4 is 11.1 Å². The maximum Gasteiger partial charge on any atom is 0.251 e. The number of halogens is 2. The van der Waals surface area contributed by atoms with E-state index in [4.69, 9.17) is 5.73 Å². The smallest absolute Gasteiger partial charge is 0.251 e. The molecular formula is C12H18Br2N4O. The van der Waals surface area contributed by atoms with E-state index in [0.717, 1.165) is 4.47 Å². The van der Waals surface area contributed by atoms with Crippen molar-refractivity contribution >= 4 is 44.8 Å². The van der Waals surface area contributed by atoms with Gasteiger partial charge in [-0.05, 0) is 24.3 Å². The number of nitrogens with one attached hydrogen (secondary N) is 1. The fourth-order valence-electron chi connectivity index (χ4n) is 1.18. The normalized spacial score (nSPS) is 10.6. The molecule has 0 radical (unpaired) electrons. The molecule has 0 saturated heterocycles. The summed E-state index contributed by atoms with van der Waals surface area (Å²) in [5.74, 6) is 0.342. The average Bonchev–Trinajstić information content (AvgIpc) is 2.34. The topological polar surface area (TPSA) is 70.7 Å². The molecule has 1 aromatic carbocycles. The first kappa shape index (κ1) is 17.9. The number of nitrogens with two attached hydrogens (primary N) is 1. The van der Waals surface area contributed by atoms with Crippen molar-refractivity contribution in [1.29, 1.82) is 0 Å². The second kappa shape index (κ2) is 8.92. The van der Waals surface area contributed by atoms with E-state index in [1.54, 1.807) is 17.0 Å². The molecule has 7 heteroatoms. The average molecular weight is 394 g/mol. The summed E-state index contributed by atoms with van der Waals surface area (Å²) < 4.78 is 0.947. The summed E-state index contributed by atoms with van der Waals surface area (Å²) in [5.41, 5.74) is 6.25. The molecule has 0 heterocycles. The highest BCUT2D eigenvalue weighted by molar-refractivity contribution is 9.10. The summed E-state index contributed by atoms with van der Waals surface area (Å²) in [7, 11) is 3.64. The number of guanidine groups is 1. The van der Waals surface area contributed by atoms with Crippen LogP contribution in [-0.4, -0.2) is 44.0 Å². The minimum Gasteiger partial charge on any atom is -0.370 e. The van der Waals surface area contributed by atoms with Gasteiger partial charge in [-0.1, -0.05) is 15.9 Å². The van der Waals surface area contributed by atoms with Crippen LogP contribution in [0.5, 0.6) is 0 Å². The van der Waals surface area contributed by atoms with Crippen LogP contribution in [0, 0.1) is 0 Å². The van der Waals surface area contributed by atoms with E-state index in [1.165, 1.54) is 0 Å². The lowest BCUT2D eigenvalue weighted by Crippen LogP contribution is -2.32. The first-order valence-corrected chi connectivity index (χ1v) is 6.31. The van der Waals surface area contributed by atoms with Gasteiger partial charge in [0, 0.05) is 30.7 Å². The van der Waals surface area contributed by atoms with Crippen molar-refractivity contribution in [2.75, 3.05) is 27.2 Å². The highest BCUT2D eigenvalue weighted by Crippen LogP contribution is 2.10. The third-order valence-electron chi connectivity index (χ3n) is 2.24. The largest absolute Gasteiger partial charge is 0.370 e. The third-order valence-corrected chi connectivity index (χ3v) is 2.76. The Morgan fingerprint density at radius 2 is 1.95 bits per heavy atom. The van der Waals surface area contributed by atoms with E-state index in [0.29, 0.717) is 24.6 Å². The maximum absolute atomic E-state index is 11.7. The fraction of sp³-hybridized carbons (Fsp3) is 0.333. The number of benzene rings is 1. The van der Waals surface area contributed by atoms with Crippen LogP contribution in [-0.2, 0) is 0 Å². The molecule has 1 amide bonds. The van der Waals surface area contributed by atoms with Gasteiger partial charge in [-0.25, -0.2) is 0 Å². The molecular weight excluding hydrogens is 376 g/mol. The SMILES string of the molecule is Br.CN(C)C(N)=NCCNC(=O)c1ccc(Br)cc1. The second-order valence-electron chi connectivity index (χ2n) is 3.90. The highest BCUT2D eigenvalue weighted by atomic mass is 79.9. The molecule has 106 valence electrons. The van der Waals surface area contributed by atoms with Gasteiger partial charge in [0.25, 0.3) is 5.91 Å². The number of amides is 1. The van der Waals surface area contributed by atoms with E-state index in [2.05, 4.69) is 26.2 Å². The van der Waals surface area contributed by atoms with E-state index < -0.39 is 0 Å². The van der Waals surface area contributed by atoms with Crippen LogP contribution in [0.3, 0.4) is 0 Å². The highest BCUT2D eigenvalue weighted by Gasteiger charge is 2.03. The van der Waals surface area contributed by atoms with Gasteiger partial charge in [0.05, 0.1) is 6.54 Å². The predicted octanol–water partition coefficient (Wildman–Crippen LogP) is 1.63. The van der Waals surface area contributed by atoms with Gasteiger partial charge in [-0.3, -0.25) is 9.79 Å². The molecule has 1 aromatic rings. The lowest BCUT2D eigenvalue weighted by Gasteiger charge is -2.10. The van der Waals surface area contributed by atoms with E-state index in [-0.39, 0.29) is 22.9 Å². The van der Waals surface area contributed by atoms with Gasteiger partial charge in [-0.2, -0.15) is 0 Å². The summed E-state index contributed by atoms with van der Waals surface area (Å²) in [4.78, 5) is 17.5. The van der Waals surface area contributed by atoms with Gasteiger partial charge in [-0.15, -0.1) is 17.0 Å². The van der Waals surface area contributed by atoms with Crippen LogP contribution in [0.15, 0.2) is 33.7 Å². The van der Waals surface area contributed by atoms with Crippen molar-refractivity contribution in [2.24, 2.45) is 10.7 Å². The Hall–Kier alpha value is -1.08. The minimum absolute atomic E-state index is 0. The van der Waals surface area contributed by atoms with Crippen molar-refractivity contribution in [3.05, 3.63) is 34.3 Å². The Kier molecular flexibility index (Phi) is 8.42. The second-order valence-corrected chi connectivity index (χ2v) is 4.81. The van der Waals surface area contributed by atoms with Crippen molar-refractivity contribution in [3.63, 3.8) is 0 Å². The Morgan fingerprint density at radius 3 is 2.47 bits per heavy atom. The molecule has 0 spiro atoms. The van der Waals surface area contributed by atoms with Crippen molar-refractivity contribution in [3.8, 4) is 0 Å². The molecule has 0 aliphatic heterocycles. The van der Waals surface area contributed by atoms with Crippen molar-refractivity contribution in [2.45, 2.75) is 0 Å². The minimum atomic E-state index is -0.110. The van der Waals surface area contributed by atoms with Crippen LogP contribution in [0.1, 0.15) is 10.4 Å². The molecule has 0 saturated carbocycles. The number of carbonyl (C=O) groups is 1. The maximum atomic E-state index is 11.7. The molecule has 0 aromatic heterocycles. The zero-order chi connectivity index (χ0) is 13.5. The molecule has 0 aliphatic rings. The summed E-state index contributed by atoms with van der Waals surface area (Å²) in [6, 6.07) is 7.18. The molecule has 0 atom stereocenters. The number of hydrogen-bond acceptors (Lipinski definition) is 2. The van der Waals surface area contributed by atoms with Crippen LogP contribution in [0.4, 0.5) is 0 Å². The van der Waals surface area contributed by atoms with Crippen molar-refractivity contribution in [1.82, 2.24) is 10.2 Å². The summed E-state index contributed by atoms with van der Waals surface area (Å²) in [6.07, 6.45) is 0. The van der Waals surface area contributed by atoms with E-state index in [9.17, 15) is 4.79 Å². The molecule has 0 fully saturated rings. The number of carbonyl (C=O) groups excluding carboxylic acids is 1. The first-order valence-electron chi connectivity index (χ1n) is 5.51. The van der Waals surface area contributed by atoms with E-state index >= 15 is 0 Å². The van der Waals surface area contributed by atoms with Gasteiger partial charge in [0.2, 0.25) is 0 Å². The predicted molar refractivity (Wildman–Crippen MR) is 87.0 cm³/mol. The molecule has 5 nitrogen and oxygen atoms in total. The fourth-order valence-corrected chi connectivity index (χ4v) is 1.45. The van der Waals surface area contributed by atoms with Gasteiger partial charge < -0.3 is 16.0 Å². The third kappa shape index (κ3) is 6.58. The Balaban J connectivity index is 0.00000324. The first-order chi connectivity index (χ1) is 8.50. The van der Waals surface area contributed by atoms with E-state index in [1.807, 2.05) is 26.2 Å². The van der Waals surface area contributed by atoms with Crippen LogP contribution >= 0.6 is 32.9 Å². The quantitative estimate of drug-likeness (QED) is 0.464. The van der Waals surface area contributed by atoms with Crippen LogP contribution in [0.25, 0.3) is 0 Å². The molecule has 19 heavy (non-hydrogen) atoms. The number of rotatable bonds is 4. The van der Waals surface area contributed by atoms with Gasteiger partial charge in [0.15, 0.2) is 5.96 Å². The standard InChI is InChI=1S/C12H17BrN4O.BrH/c1-17(2)12(14)16-8-7-15-11(18)9-3-5-10(13)6-4-9;/h3-6H,7-8H2,1-2H3,(H2,14,16)(H,15,18);1H. The zero-order valence-corrected chi connectivity index (χ0v) is 14.2. The molecule has 3 N–H and O–H groups in total.